The summed E-state index contributed by atoms with van der Waals surface area (Å²) in [6.45, 7) is 8.72. The zero-order valence-corrected chi connectivity index (χ0v) is 19.6. The Morgan fingerprint density at radius 3 is 2.44 bits per heavy atom. The fourth-order valence-electron chi connectivity index (χ4n) is 4.58. The molecule has 3 aromatic rings. The van der Waals surface area contributed by atoms with Crippen LogP contribution in [0.3, 0.4) is 0 Å². The van der Waals surface area contributed by atoms with E-state index in [4.69, 9.17) is 14.8 Å². The van der Waals surface area contributed by atoms with Gasteiger partial charge in [0.25, 0.3) is 0 Å². The van der Waals surface area contributed by atoms with Gasteiger partial charge in [-0.05, 0) is 43.7 Å². The van der Waals surface area contributed by atoms with E-state index in [1.807, 2.05) is 35.0 Å². The number of methoxy groups -OCH3 is 1. The van der Waals surface area contributed by atoms with Crippen LogP contribution in [0.5, 0.6) is 5.75 Å². The van der Waals surface area contributed by atoms with Gasteiger partial charge in [-0.2, -0.15) is 0 Å². The number of aromatic nitrogens is 3. The molecule has 0 saturated carbocycles. The number of imidazole rings is 1. The molecule has 2 aliphatic rings. The van der Waals surface area contributed by atoms with Crippen molar-refractivity contribution in [3.63, 3.8) is 0 Å². The second kappa shape index (κ2) is 9.07. The number of hydrogen-bond acceptors (Lipinski definition) is 7. The van der Waals surface area contributed by atoms with Gasteiger partial charge in [-0.1, -0.05) is 18.3 Å². The van der Waals surface area contributed by atoms with Crippen molar-refractivity contribution in [3.8, 4) is 17.0 Å². The lowest BCUT2D eigenvalue weighted by atomic mass is 9.95. The van der Waals surface area contributed by atoms with Crippen LogP contribution in [-0.4, -0.2) is 83.2 Å². The second-order valence-corrected chi connectivity index (χ2v) is 9.42. The molecule has 2 saturated heterocycles. The Morgan fingerprint density at radius 1 is 1.09 bits per heavy atom. The highest BCUT2D eigenvalue weighted by molar-refractivity contribution is 7.20. The van der Waals surface area contributed by atoms with Gasteiger partial charge in [0.1, 0.15) is 5.75 Å². The Bertz CT molecular complexity index is 1030. The number of piperazine rings is 1. The molecule has 8 nitrogen and oxygen atoms in total. The molecule has 0 N–H and O–H groups in total. The first-order chi connectivity index (χ1) is 15.6. The first-order valence-corrected chi connectivity index (χ1v) is 12.2. The Balaban J connectivity index is 1.19. The van der Waals surface area contributed by atoms with Crippen molar-refractivity contribution in [2.24, 2.45) is 5.92 Å². The second-order valence-electron chi connectivity index (χ2n) is 8.49. The summed E-state index contributed by atoms with van der Waals surface area (Å²) in [6, 6.07) is 7.90. The van der Waals surface area contributed by atoms with E-state index in [0.717, 1.165) is 85.8 Å². The number of likely N-dealkylation sites (N-methyl/N-ethyl adjacent to an activating group) is 1. The normalized spacial score (nSPS) is 18.4. The summed E-state index contributed by atoms with van der Waals surface area (Å²) >= 11 is 1.61. The third-order valence-electron chi connectivity index (χ3n) is 6.66. The summed E-state index contributed by atoms with van der Waals surface area (Å²) < 4.78 is 7.10. The molecule has 9 heteroatoms. The molecule has 2 aromatic heterocycles. The summed E-state index contributed by atoms with van der Waals surface area (Å²) in [4.78, 5) is 25.4. The lowest BCUT2D eigenvalue weighted by Gasteiger charge is -2.38. The lowest BCUT2D eigenvalue weighted by molar-refractivity contribution is -0.137. The van der Waals surface area contributed by atoms with Crippen LogP contribution in [-0.2, 0) is 4.79 Å². The molecule has 0 spiro atoms. The standard InChI is InChI=1S/C23H30N6O2S/c1-3-26-12-14-27(15-13-26)21(30)18-8-10-28(11-9-18)23-25-29-16-20(24-22(29)32-23)17-4-6-19(31-2)7-5-17/h4-7,16,18H,3,8-15H2,1-2H3. The minimum absolute atomic E-state index is 0.144. The summed E-state index contributed by atoms with van der Waals surface area (Å²) in [7, 11) is 1.67. The minimum Gasteiger partial charge on any atom is -0.497 e. The van der Waals surface area contributed by atoms with Crippen LogP contribution in [0.1, 0.15) is 19.8 Å². The molecule has 2 fully saturated rings. The molecule has 0 bridgehead atoms. The third kappa shape index (κ3) is 4.19. The SMILES string of the molecule is CCN1CCN(C(=O)C2CCN(c3nn4cc(-c5ccc(OC)cc5)nc4s3)CC2)CC1. The number of nitrogens with zero attached hydrogens (tertiary/aromatic N) is 6. The first-order valence-electron chi connectivity index (χ1n) is 11.4. The average molecular weight is 455 g/mol. The van der Waals surface area contributed by atoms with Gasteiger partial charge in [0.05, 0.1) is 19.0 Å². The number of ether oxygens (including phenoxy) is 1. The number of fused-ring (bicyclic) bond motifs is 1. The maximum atomic E-state index is 13.0. The molecule has 32 heavy (non-hydrogen) atoms. The quantitative estimate of drug-likeness (QED) is 0.591. The highest BCUT2D eigenvalue weighted by atomic mass is 32.1. The largest absolute Gasteiger partial charge is 0.497 e. The van der Waals surface area contributed by atoms with E-state index in [1.165, 1.54) is 0 Å². The third-order valence-corrected chi connectivity index (χ3v) is 7.65. The highest BCUT2D eigenvalue weighted by Crippen LogP contribution is 2.30. The van der Waals surface area contributed by atoms with Gasteiger partial charge < -0.3 is 19.4 Å². The Kier molecular flexibility index (Phi) is 6.01. The summed E-state index contributed by atoms with van der Waals surface area (Å²) in [5.74, 6) is 1.32. The Hall–Kier alpha value is -2.65. The van der Waals surface area contributed by atoms with E-state index in [-0.39, 0.29) is 5.92 Å². The highest BCUT2D eigenvalue weighted by Gasteiger charge is 2.31. The van der Waals surface area contributed by atoms with Crippen LogP contribution in [0, 0.1) is 5.92 Å². The number of benzene rings is 1. The summed E-state index contributed by atoms with van der Waals surface area (Å²) in [5.41, 5.74) is 1.95. The van der Waals surface area contributed by atoms with Crippen molar-refractivity contribution in [1.82, 2.24) is 24.4 Å². The number of hydrogen-bond donors (Lipinski definition) is 0. The van der Waals surface area contributed by atoms with Crippen LogP contribution >= 0.6 is 11.3 Å². The van der Waals surface area contributed by atoms with Crippen molar-refractivity contribution < 1.29 is 9.53 Å². The van der Waals surface area contributed by atoms with Crippen LogP contribution in [0.4, 0.5) is 5.13 Å². The van der Waals surface area contributed by atoms with E-state index in [9.17, 15) is 4.79 Å². The molecule has 5 rings (SSSR count). The van der Waals surface area contributed by atoms with Gasteiger partial charge in [-0.15, -0.1) is 5.10 Å². The van der Waals surface area contributed by atoms with Gasteiger partial charge in [0.2, 0.25) is 16.0 Å². The lowest BCUT2D eigenvalue weighted by Crippen LogP contribution is -2.51. The molecular weight excluding hydrogens is 424 g/mol. The maximum absolute atomic E-state index is 13.0. The van der Waals surface area contributed by atoms with E-state index in [1.54, 1.807) is 18.4 Å². The summed E-state index contributed by atoms with van der Waals surface area (Å²) in [6.07, 6.45) is 3.76. The number of amides is 1. The molecule has 1 aromatic carbocycles. The van der Waals surface area contributed by atoms with Crippen LogP contribution in [0.2, 0.25) is 0 Å². The van der Waals surface area contributed by atoms with Crippen LogP contribution in [0.25, 0.3) is 16.2 Å². The molecular formula is C23H30N6O2S. The predicted molar refractivity (Wildman–Crippen MR) is 126 cm³/mol. The molecule has 0 aliphatic carbocycles. The molecule has 0 unspecified atom stereocenters. The number of carbonyl (C=O) groups is 1. The van der Waals surface area contributed by atoms with Crippen LogP contribution < -0.4 is 9.64 Å². The number of piperidine rings is 1. The minimum atomic E-state index is 0.144. The zero-order chi connectivity index (χ0) is 22.1. The van der Waals surface area contributed by atoms with Crippen molar-refractivity contribution >= 4 is 27.3 Å². The van der Waals surface area contributed by atoms with Crippen LogP contribution in [0.15, 0.2) is 30.5 Å². The van der Waals surface area contributed by atoms with Gasteiger partial charge in [-0.25, -0.2) is 9.50 Å². The fourth-order valence-corrected chi connectivity index (χ4v) is 5.51. The predicted octanol–water partition coefficient (Wildman–Crippen LogP) is 2.85. The monoisotopic (exact) mass is 454 g/mol. The van der Waals surface area contributed by atoms with Crippen molar-refractivity contribution in [2.75, 3.05) is 57.8 Å². The van der Waals surface area contributed by atoms with Gasteiger partial charge >= 0.3 is 0 Å². The van der Waals surface area contributed by atoms with Gasteiger partial charge in [0, 0.05) is 50.7 Å². The Labute approximate surface area is 192 Å². The van der Waals surface area contributed by atoms with Gasteiger partial charge in [0.15, 0.2) is 0 Å². The van der Waals surface area contributed by atoms with E-state index in [2.05, 4.69) is 21.6 Å². The Morgan fingerprint density at radius 2 is 1.81 bits per heavy atom. The number of anilines is 1. The molecule has 2 aliphatic heterocycles. The maximum Gasteiger partial charge on any atom is 0.225 e. The van der Waals surface area contributed by atoms with Crippen molar-refractivity contribution in [3.05, 3.63) is 30.5 Å². The molecule has 0 atom stereocenters. The van der Waals surface area contributed by atoms with Crippen molar-refractivity contribution in [1.29, 1.82) is 0 Å². The van der Waals surface area contributed by atoms with Crippen molar-refractivity contribution in [2.45, 2.75) is 19.8 Å². The fraction of sp³-hybridized carbons (Fsp3) is 0.522. The first kappa shape index (κ1) is 21.2. The topological polar surface area (TPSA) is 66.2 Å². The molecule has 4 heterocycles. The van der Waals surface area contributed by atoms with E-state index < -0.39 is 0 Å². The zero-order valence-electron chi connectivity index (χ0n) is 18.7. The average Bonchev–Trinajstić information content (AvgIpc) is 3.43. The molecule has 170 valence electrons. The summed E-state index contributed by atoms with van der Waals surface area (Å²) in [5, 5.41) is 5.75. The van der Waals surface area contributed by atoms with Gasteiger partial charge in [-0.3, -0.25) is 4.79 Å². The smallest absolute Gasteiger partial charge is 0.225 e. The number of carbonyl (C=O) groups excluding carboxylic acids is 1. The van der Waals surface area contributed by atoms with E-state index in [0.29, 0.717) is 5.91 Å². The van der Waals surface area contributed by atoms with E-state index >= 15 is 0 Å². The molecule has 1 amide bonds. The molecule has 0 radical (unpaired) electrons. The number of rotatable bonds is 5.